The number of thioether (sulfide) groups is 1. The van der Waals surface area contributed by atoms with Gasteiger partial charge < -0.3 is 15.2 Å². The number of hydrogen-bond acceptors (Lipinski definition) is 6. The van der Waals surface area contributed by atoms with Crippen LogP contribution in [0.4, 0.5) is 14.9 Å². The molecule has 2 aromatic rings. The summed E-state index contributed by atoms with van der Waals surface area (Å²) in [6, 6.07) is 11.4. The van der Waals surface area contributed by atoms with Crippen molar-refractivity contribution in [3.63, 3.8) is 0 Å². The van der Waals surface area contributed by atoms with Crippen LogP contribution in [0.25, 0.3) is 6.08 Å². The molecule has 1 aliphatic heterocycles. The predicted molar refractivity (Wildman–Crippen MR) is 107 cm³/mol. The van der Waals surface area contributed by atoms with Crippen molar-refractivity contribution in [2.24, 2.45) is 0 Å². The van der Waals surface area contributed by atoms with Gasteiger partial charge in [0.25, 0.3) is 11.1 Å². The number of carbonyl (C=O) groups is 4. The molecule has 1 aliphatic rings. The minimum Gasteiger partial charge on any atom is -0.482 e. The lowest BCUT2D eigenvalue weighted by atomic mass is 10.2. The molecular weight excluding hydrogens is 415 g/mol. The van der Waals surface area contributed by atoms with E-state index in [2.05, 4.69) is 5.32 Å². The number of imide groups is 1. The van der Waals surface area contributed by atoms with Crippen LogP contribution in [0.5, 0.6) is 5.75 Å². The van der Waals surface area contributed by atoms with Crippen LogP contribution in [-0.2, 0) is 14.4 Å². The van der Waals surface area contributed by atoms with Crippen molar-refractivity contribution >= 4 is 46.5 Å². The minimum absolute atomic E-state index is 0.147. The summed E-state index contributed by atoms with van der Waals surface area (Å²) in [6.07, 6.45) is 1.49. The fourth-order valence-corrected chi connectivity index (χ4v) is 3.31. The van der Waals surface area contributed by atoms with E-state index >= 15 is 0 Å². The van der Waals surface area contributed by atoms with Crippen LogP contribution in [0.2, 0.25) is 0 Å². The number of nitrogens with zero attached hydrogens (tertiary/aromatic N) is 1. The van der Waals surface area contributed by atoms with Gasteiger partial charge in [-0.25, -0.2) is 9.18 Å². The average molecular weight is 430 g/mol. The summed E-state index contributed by atoms with van der Waals surface area (Å²) in [4.78, 5) is 48.2. The van der Waals surface area contributed by atoms with Crippen molar-refractivity contribution in [3.8, 4) is 5.75 Å². The van der Waals surface area contributed by atoms with Crippen LogP contribution in [-0.4, -0.2) is 46.2 Å². The predicted octanol–water partition coefficient (Wildman–Crippen LogP) is 2.96. The van der Waals surface area contributed by atoms with E-state index in [-0.39, 0.29) is 4.91 Å². The number of benzene rings is 2. The molecular formula is C20H15FN2O6S. The van der Waals surface area contributed by atoms with E-state index in [0.29, 0.717) is 28.8 Å². The Balaban J connectivity index is 1.62. The quantitative estimate of drug-likeness (QED) is 0.650. The van der Waals surface area contributed by atoms with Gasteiger partial charge in [0.15, 0.2) is 6.61 Å². The standard InChI is InChI=1S/C20H15FN2O6S/c21-13-3-5-14(6-4-13)22-17(24)10-23-19(27)16(30-20(23)28)9-12-1-7-15(8-2-12)29-11-18(25)26/h1-9H,10-11H2,(H,22,24)(H,25,26)/b16-9-. The topological polar surface area (TPSA) is 113 Å². The summed E-state index contributed by atoms with van der Waals surface area (Å²) in [5, 5.41) is 10.5. The van der Waals surface area contributed by atoms with Gasteiger partial charge in [0.2, 0.25) is 5.91 Å². The van der Waals surface area contributed by atoms with Crippen LogP contribution in [0.15, 0.2) is 53.4 Å². The van der Waals surface area contributed by atoms with Gasteiger partial charge in [-0.2, -0.15) is 0 Å². The molecule has 1 saturated heterocycles. The van der Waals surface area contributed by atoms with Gasteiger partial charge >= 0.3 is 5.97 Å². The molecule has 3 rings (SSSR count). The number of hydrogen-bond donors (Lipinski definition) is 2. The molecule has 10 heteroatoms. The van der Waals surface area contributed by atoms with Gasteiger partial charge in [0.1, 0.15) is 18.1 Å². The van der Waals surface area contributed by atoms with Crippen molar-refractivity contribution in [1.29, 1.82) is 0 Å². The number of aliphatic carboxylic acids is 1. The fourth-order valence-electron chi connectivity index (χ4n) is 2.47. The Hall–Kier alpha value is -3.66. The highest BCUT2D eigenvalue weighted by Gasteiger charge is 2.36. The van der Waals surface area contributed by atoms with Crippen molar-refractivity contribution in [3.05, 3.63) is 64.8 Å². The van der Waals surface area contributed by atoms with Gasteiger partial charge in [0.05, 0.1) is 4.91 Å². The Bertz CT molecular complexity index is 1020. The molecule has 1 heterocycles. The Labute approximate surface area is 174 Å². The number of carboxylic acid groups (broad SMARTS) is 1. The Kier molecular flexibility index (Phi) is 6.48. The molecule has 1 fully saturated rings. The van der Waals surface area contributed by atoms with Crippen LogP contribution in [0.3, 0.4) is 0 Å². The lowest BCUT2D eigenvalue weighted by Crippen LogP contribution is -2.36. The van der Waals surface area contributed by atoms with Crippen LogP contribution in [0.1, 0.15) is 5.56 Å². The van der Waals surface area contributed by atoms with Crippen LogP contribution >= 0.6 is 11.8 Å². The molecule has 0 unspecified atom stereocenters. The van der Waals surface area contributed by atoms with Gasteiger partial charge in [-0.05, 0) is 59.8 Å². The first-order chi connectivity index (χ1) is 14.3. The Morgan fingerprint density at radius 1 is 1.10 bits per heavy atom. The molecule has 154 valence electrons. The second-order valence-electron chi connectivity index (χ2n) is 6.07. The first kappa shape index (κ1) is 21.1. The summed E-state index contributed by atoms with van der Waals surface area (Å²) >= 11 is 0.705. The van der Waals surface area contributed by atoms with Gasteiger partial charge in [0, 0.05) is 5.69 Å². The number of amides is 3. The molecule has 0 atom stereocenters. The van der Waals surface area contributed by atoms with E-state index in [4.69, 9.17) is 9.84 Å². The maximum absolute atomic E-state index is 12.9. The van der Waals surface area contributed by atoms with Gasteiger partial charge in [-0.15, -0.1) is 0 Å². The third-order valence-corrected chi connectivity index (χ3v) is 4.75. The van der Waals surface area contributed by atoms with E-state index in [1.165, 1.54) is 42.5 Å². The van der Waals surface area contributed by atoms with E-state index in [1.807, 2.05) is 0 Å². The number of nitrogens with one attached hydrogen (secondary N) is 1. The minimum atomic E-state index is -1.10. The summed E-state index contributed by atoms with van der Waals surface area (Å²) in [5.74, 6) is -2.41. The second kappa shape index (κ2) is 9.23. The first-order valence-corrected chi connectivity index (χ1v) is 9.39. The molecule has 8 nitrogen and oxygen atoms in total. The smallest absolute Gasteiger partial charge is 0.341 e. The number of ether oxygens (including phenoxy) is 1. The maximum Gasteiger partial charge on any atom is 0.341 e. The largest absolute Gasteiger partial charge is 0.482 e. The zero-order valence-corrected chi connectivity index (χ0v) is 16.1. The molecule has 0 aromatic heterocycles. The lowest BCUT2D eigenvalue weighted by molar-refractivity contribution is -0.139. The van der Waals surface area contributed by atoms with Gasteiger partial charge in [-0.1, -0.05) is 12.1 Å². The third kappa shape index (κ3) is 5.45. The zero-order valence-electron chi connectivity index (χ0n) is 15.3. The summed E-state index contributed by atoms with van der Waals surface area (Å²) in [6.45, 7) is -0.945. The molecule has 0 saturated carbocycles. The molecule has 3 amide bonds. The molecule has 0 aliphatic carbocycles. The van der Waals surface area contributed by atoms with E-state index in [1.54, 1.807) is 12.1 Å². The Morgan fingerprint density at radius 3 is 2.40 bits per heavy atom. The highest BCUT2D eigenvalue weighted by atomic mass is 32.2. The number of anilines is 1. The van der Waals surface area contributed by atoms with Gasteiger partial charge in [-0.3, -0.25) is 19.3 Å². The Morgan fingerprint density at radius 2 is 1.77 bits per heavy atom. The van der Waals surface area contributed by atoms with Crippen molar-refractivity contribution in [1.82, 2.24) is 4.90 Å². The monoisotopic (exact) mass is 430 g/mol. The van der Waals surface area contributed by atoms with E-state index in [9.17, 15) is 23.6 Å². The second-order valence-corrected chi connectivity index (χ2v) is 7.07. The number of halogens is 1. The van der Waals surface area contributed by atoms with Crippen LogP contribution < -0.4 is 10.1 Å². The van der Waals surface area contributed by atoms with E-state index in [0.717, 1.165) is 4.90 Å². The molecule has 0 spiro atoms. The zero-order chi connectivity index (χ0) is 21.7. The third-order valence-electron chi connectivity index (χ3n) is 3.84. The highest BCUT2D eigenvalue weighted by molar-refractivity contribution is 8.18. The van der Waals surface area contributed by atoms with Crippen molar-refractivity contribution in [2.75, 3.05) is 18.5 Å². The fraction of sp³-hybridized carbons (Fsp3) is 0.100. The summed E-state index contributed by atoms with van der Waals surface area (Å²) < 4.78 is 17.9. The summed E-state index contributed by atoms with van der Waals surface area (Å²) in [7, 11) is 0. The highest BCUT2D eigenvalue weighted by Crippen LogP contribution is 2.32. The normalized spacial score (nSPS) is 14.8. The van der Waals surface area contributed by atoms with E-state index < -0.39 is 42.0 Å². The number of carboxylic acids is 1. The molecule has 2 N–H and O–H groups in total. The first-order valence-electron chi connectivity index (χ1n) is 8.57. The van der Waals surface area contributed by atoms with Crippen LogP contribution in [0, 0.1) is 5.82 Å². The maximum atomic E-state index is 12.9. The van der Waals surface area contributed by atoms with Crippen molar-refractivity contribution in [2.45, 2.75) is 0 Å². The molecule has 2 aromatic carbocycles. The molecule has 30 heavy (non-hydrogen) atoms. The van der Waals surface area contributed by atoms with Crippen molar-refractivity contribution < 1.29 is 33.4 Å². The SMILES string of the molecule is O=C(O)COc1ccc(/C=C2\SC(=O)N(CC(=O)Nc3ccc(F)cc3)C2=O)cc1. The number of carbonyl (C=O) groups excluding carboxylic acids is 3. The molecule has 0 radical (unpaired) electrons. The number of rotatable bonds is 7. The summed E-state index contributed by atoms with van der Waals surface area (Å²) in [5.41, 5.74) is 0.938. The average Bonchev–Trinajstić information content (AvgIpc) is 2.96. The lowest BCUT2D eigenvalue weighted by Gasteiger charge is -2.12. The molecule has 0 bridgehead atoms.